The van der Waals surface area contributed by atoms with Crippen LogP contribution in [0.15, 0.2) is 85.3 Å². The maximum absolute atomic E-state index is 13.8. The number of nitrogens with zero attached hydrogens (tertiary/aromatic N) is 4. The first kappa shape index (κ1) is 23.2. The molecule has 2 aromatic carbocycles. The third-order valence-corrected chi connectivity index (χ3v) is 6.04. The number of aryl methyl sites for hydroxylation is 1. The summed E-state index contributed by atoms with van der Waals surface area (Å²) in [5, 5.41) is 17.6. The molecule has 0 fully saturated rings. The van der Waals surface area contributed by atoms with Crippen molar-refractivity contribution in [1.82, 2.24) is 15.0 Å². The highest BCUT2D eigenvalue weighted by atomic mass is 35.5. The summed E-state index contributed by atoms with van der Waals surface area (Å²) in [6, 6.07) is 21.6. The fourth-order valence-corrected chi connectivity index (χ4v) is 4.26. The number of aromatic nitrogens is 3. The molecule has 0 atom stereocenters. The molecule has 36 heavy (non-hydrogen) atoms. The second-order valence-electron chi connectivity index (χ2n) is 8.19. The molecule has 2 N–H and O–H groups in total. The number of fused-ring (bicyclic) bond motifs is 1. The van der Waals surface area contributed by atoms with E-state index in [2.05, 4.69) is 31.7 Å². The van der Waals surface area contributed by atoms with Crippen LogP contribution in [0, 0.1) is 24.1 Å². The van der Waals surface area contributed by atoms with Gasteiger partial charge in [-0.2, -0.15) is 5.26 Å². The molecule has 0 aliphatic carbocycles. The molecule has 0 aliphatic rings. The van der Waals surface area contributed by atoms with Crippen molar-refractivity contribution in [3.05, 3.63) is 119 Å². The third kappa shape index (κ3) is 4.67. The molecule has 5 aromatic rings. The lowest BCUT2D eigenvalue weighted by atomic mass is 10.1. The highest BCUT2D eigenvalue weighted by Gasteiger charge is 2.19. The normalized spacial score (nSPS) is 10.9. The zero-order chi connectivity index (χ0) is 25.1. The average Bonchev–Trinajstić information content (AvgIpc) is 2.91. The fraction of sp³-hybridized carbons (Fsp3) is 0.0714. The number of anilines is 3. The Balaban J connectivity index is 1.62. The molecule has 0 bridgehead atoms. The van der Waals surface area contributed by atoms with Crippen molar-refractivity contribution in [2.45, 2.75) is 13.0 Å². The summed E-state index contributed by atoms with van der Waals surface area (Å²) in [4.78, 5) is 13.5. The van der Waals surface area contributed by atoms with E-state index >= 15 is 0 Å². The summed E-state index contributed by atoms with van der Waals surface area (Å²) in [7, 11) is 0. The lowest BCUT2D eigenvalue weighted by molar-refractivity contribution is 0.619. The van der Waals surface area contributed by atoms with Gasteiger partial charge in [0.2, 0.25) is 0 Å². The van der Waals surface area contributed by atoms with Crippen LogP contribution in [0.2, 0.25) is 5.02 Å². The van der Waals surface area contributed by atoms with Gasteiger partial charge in [0, 0.05) is 35.4 Å². The SMILES string of the molecule is Cc1cc(Nc2c(C#N)cnc3c(Cl)cc(NC(c4ccccn4)c4ccccn4)cc23)ccc1F. The number of benzene rings is 2. The first-order valence-corrected chi connectivity index (χ1v) is 11.5. The number of hydrogen-bond donors (Lipinski definition) is 2. The van der Waals surface area contributed by atoms with Crippen molar-refractivity contribution in [3.63, 3.8) is 0 Å². The minimum Gasteiger partial charge on any atom is -0.371 e. The summed E-state index contributed by atoms with van der Waals surface area (Å²) in [6.07, 6.45) is 4.94. The Morgan fingerprint density at radius 2 is 1.64 bits per heavy atom. The smallest absolute Gasteiger partial charge is 0.126 e. The van der Waals surface area contributed by atoms with Gasteiger partial charge < -0.3 is 10.6 Å². The van der Waals surface area contributed by atoms with E-state index < -0.39 is 0 Å². The summed E-state index contributed by atoms with van der Waals surface area (Å²) in [5.41, 5.74) is 4.82. The minimum absolute atomic E-state index is 0.301. The molecule has 0 saturated carbocycles. The second-order valence-corrected chi connectivity index (χ2v) is 8.60. The molecular formula is C28H20ClFN6. The Morgan fingerprint density at radius 1 is 0.917 bits per heavy atom. The van der Waals surface area contributed by atoms with Crippen molar-refractivity contribution in [2.24, 2.45) is 0 Å². The Bertz CT molecular complexity index is 1550. The van der Waals surface area contributed by atoms with Crippen LogP contribution < -0.4 is 10.6 Å². The molecule has 3 aromatic heterocycles. The van der Waals surface area contributed by atoms with Crippen LogP contribution in [0.25, 0.3) is 10.9 Å². The Labute approximate surface area is 212 Å². The molecule has 0 aliphatic heterocycles. The molecule has 176 valence electrons. The van der Waals surface area contributed by atoms with Gasteiger partial charge in [-0.1, -0.05) is 23.7 Å². The summed E-state index contributed by atoms with van der Waals surface area (Å²) < 4.78 is 13.8. The Hall–Kier alpha value is -4.54. The van der Waals surface area contributed by atoms with Gasteiger partial charge in [-0.05, 0) is 67.1 Å². The van der Waals surface area contributed by atoms with Crippen LogP contribution in [0.4, 0.5) is 21.5 Å². The van der Waals surface area contributed by atoms with E-state index in [1.807, 2.05) is 42.5 Å². The topological polar surface area (TPSA) is 86.5 Å². The van der Waals surface area contributed by atoms with Gasteiger partial charge in [0.05, 0.1) is 33.2 Å². The van der Waals surface area contributed by atoms with Gasteiger partial charge in [0.25, 0.3) is 0 Å². The van der Waals surface area contributed by atoms with E-state index in [0.717, 1.165) is 11.4 Å². The molecule has 0 unspecified atom stereocenters. The molecule has 5 rings (SSSR count). The molecule has 6 nitrogen and oxygen atoms in total. The largest absolute Gasteiger partial charge is 0.371 e. The maximum atomic E-state index is 13.8. The van der Waals surface area contributed by atoms with Crippen molar-refractivity contribution in [1.29, 1.82) is 5.26 Å². The number of pyridine rings is 3. The van der Waals surface area contributed by atoms with Crippen molar-refractivity contribution in [2.75, 3.05) is 10.6 Å². The van der Waals surface area contributed by atoms with E-state index in [0.29, 0.717) is 44.1 Å². The highest BCUT2D eigenvalue weighted by molar-refractivity contribution is 6.36. The monoisotopic (exact) mass is 494 g/mol. The van der Waals surface area contributed by atoms with Crippen molar-refractivity contribution in [3.8, 4) is 6.07 Å². The Kier molecular flexibility index (Phi) is 6.44. The molecule has 0 amide bonds. The van der Waals surface area contributed by atoms with Crippen LogP contribution in [0.1, 0.15) is 28.6 Å². The van der Waals surface area contributed by atoms with Gasteiger partial charge in [0.1, 0.15) is 17.9 Å². The van der Waals surface area contributed by atoms with Crippen LogP contribution in [0.3, 0.4) is 0 Å². The number of rotatable bonds is 6. The van der Waals surface area contributed by atoms with Crippen LogP contribution >= 0.6 is 11.6 Å². The molecule has 8 heteroatoms. The quantitative estimate of drug-likeness (QED) is 0.266. The predicted octanol–water partition coefficient (Wildman–Crippen LogP) is 6.94. The molecule has 0 radical (unpaired) electrons. The van der Waals surface area contributed by atoms with E-state index in [1.54, 1.807) is 37.5 Å². The average molecular weight is 495 g/mol. The van der Waals surface area contributed by atoms with Gasteiger partial charge in [-0.25, -0.2) is 4.39 Å². The molecule has 0 saturated heterocycles. The van der Waals surface area contributed by atoms with Gasteiger partial charge in [-0.15, -0.1) is 0 Å². The first-order chi connectivity index (χ1) is 17.5. The van der Waals surface area contributed by atoms with Crippen molar-refractivity contribution < 1.29 is 4.39 Å². The molecule has 0 spiro atoms. The number of nitrogens with one attached hydrogen (secondary N) is 2. The maximum Gasteiger partial charge on any atom is 0.126 e. The van der Waals surface area contributed by atoms with E-state index in [1.165, 1.54) is 12.3 Å². The standard InChI is InChI=1S/C28H20ClFN6/c1-17-12-19(8-9-23(17)30)35-26-18(15-31)16-34-27-21(26)13-20(14-22(27)29)36-28(24-6-2-4-10-32-24)25-7-3-5-11-33-25/h2-14,16,28,36H,1H3,(H,34,35). The third-order valence-electron chi connectivity index (χ3n) is 5.75. The summed E-state index contributed by atoms with van der Waals surface area (Å²) >= 11 is 6.66. The number of nitriles is 1. The van der Waals surface area contributed by atoms with E-state index in [-0.39, 0.29) is 11.9 Å². The summed E-state index contributed by atoms with van der Waals surface area (Å²) in [5.74, 6) is -0.301. The second kappa shape index (κ2) is 9.98. The van der Waals surface area contributed by atoms with Crippen LogP contribution in [0.5, 0.6) is 0 Å². The number of hydrogen-bond acceptors (Lipinski definition) is 6. The minimum atomic E-state index is -0.343. The molecule has 3 heterocycles. The van der Waals surface area contributed by atoms with Gasteiger partial charge in [-0.3, -0.25) is 15.0 Å². The highest BCUT2D eigenvalue weighted by Crippen LogP contribution is 2.36. The van der Waals surface area contributed by atoms with E-state index in [9.17, 15) is 9.65 Å². The fourth-order valence-electron chi connectivity index (χ4n) is 3.99. The summed E-state index contributed by atoms with van der Waals surface area (Å²) in [6.45, 7) is 1.69. The Morgan fingerprint density at radius 3 is 2.25 bits per heavy atom. The lowest BCUT2D eigenvalue weighted by Crippen LogP contribution is -2.15. The van der Waals surface area contributed by atoms with Gasteiger partial charge >= 0.3 is 0 Å². The van der Waals surface area contributed by atoms with Gasteiger partial charge in [0.15, 0.2) is 0 Å². The van der Waals surface area contributed by atoms with Crippen LogP contribution in [-0.2, 0) is 0 Å². The number of halogens is 2. The van der Waals surface area contributed by atoms with Crippen LogP contribution in [-0.4, -0.2) is 15.0 Å². The van der Waals surface area contributed by atoms with Crippen molar-refractivity contribution >= 4 is 39.6 Å². The lowest BCUT2D eigenvalue weighted by Gasteiger charge is -2.20. The van der Waals surface area contributed by atoms with E-state index in [4.69, 9.17) is 11.6 Å². The zero-order valence-corrected chi connectivity index (χ0v) is 20.0. The zero-order valence-electron chi connectivity index (χ0n) is 19.2. The predicted molar refractivity (Wildman–Crippen MR) is 140 cm³/mol. The molecular weight excluding hydrogens is 475 g/mol. The first-order valence-electron chi connectivity index (χ1n) is 11.2.